The van der Waals surface area contributed by atoms with Gasteiger partial charge in [-0.25, -0.2) is 13.2 Å². The van der Waals surface area contributed by atoms with E-state index in [1.165, 1.54) is 18.2 Å². The minimum Gasteiger partial charge on any atom is -0.378 e. The van der Waals surface area contributed by atoms with Crippen molar-refractivity contribution in [2.75, 3.05) is 5.32 Å². The van der Waals surface area contributed by atoms with Crippen molar-refractivity contribution in [2.45, 2.75) is 13.0 Å². The first-order valence-corrected chi connectivity index (χ1v) is 6.01. The lowest BCUT2D eigenvalue weighted by molar-refractivity contribution is 0.509. The second-order valence-electron chi connectivity index (χ2n) is 4.17. The maximum Gasteiger partial charge on any atom is 0.160 e. The molecule has 0 bridgehead atoms. The van der Waals surface area contributed by atoms with Gasteiger partial charge in [0.05, 0.1) is 5.02 Å². The third kappa shape index (κ3) is 3.20. The fourth-order valence-electron chi connectivity index (χ4n) is 1.70. The molecule has 0 aromatic heterocycles. The van der Waals surface area contributed by atoms with E-state index in [1.54, 1.807) is 13.0 Å². The minimum atomic E-state index is -0.931. The molecule has 100 valence electrons. The van der Waals surface area contributed by atoms with E-state index in [4.69, 9.17) is 11.6 Å². The van der Waals surface area contributed by atoms with Crippen molar-refractivity contribution >= 4 is 17.3 Å². The normalized spacial score (nSPS) is 12.3. The quantitative estimate of drug-likeness (QED) is 0.843. The van der Waals surface area contributed by atoms with Gasteiger partial charge in [0.2, 0.25) is 0 Å². The second kappa shape index (κ2) is 5.53. The molecule has 2 rings (SSSR count). The van der Waals surface area contributed by atoms with Crippen LogP contribution >= 0.6 is 11.6 Å². The van der Waals surface area contributed by atoms with Crippen molar-refractivity contribution in [1.29, 1.82) is 0 Å². The predicted molar refractivity (Wildman–Crippen MR) is 69.8 cm³/mol. The van der Waals surface area contributed by atoms with Gasteiger partial charge >= 0.3 is 0 Å². The van der Waals surface area contributed by atoms with E-state index in [2.05, 4.69) is 5.32 Å². The van der Waals surface area contributed by atoms with Crippen LogP contribution in [-0.2, 0) is 0 Å². The van der Waals surface area contributed by atoms with Crippen LogP contribution in [0.25, 0.3) is 0 Å². The highest BCUT2D eigenvalue weighted by Crippen LogP contribution is 2.24. The monoisotopic (exact) mass is 285 g/mol. The Bertz CT molecular complexity index is 601. The maximum absolute atomic E-state index is 13.3. The molecule has 0 saturated heterocycles. The lowest BCUT2D eigenvalue weighted by Crippen LogP contribution is -2.07. The highest BCUT2D eigenvalue weighted by atomic mass is 35.5. The summed E-state index contributed by atoms with van der Waals surface area (Å²) in [6.45, 7) is 1.78. The third-order valence-electron chi connectivity index (χ3n) is 2.75. The largest absolute Gasteiger partial charge is 0.378 e. The van der Waals surface area contributed by atoms with Gasteiger partial charge in [-0.15, -0.1) is 0 Å². The summed E-state index contributed by atoms with van der Waals surface area (Å²) in [4.78, 5) is 0. The molecule has 0 aliphatic rings. The summed E-state index contributed by atoms with van der Waals surface area (Å²) in [7, 11) is 0. The van der Waals surface area contributed by atoms with Crippen LogP contribution in [0.4, 0.5) is 18.9 Å². The van der Waals surface area contributed by atoms with E-state index in [0.29, 0.717) is 11.3 Å². The summed E-state index contributed by atoms with van der Waals surface area (Å²) in [5.41, 5.74) is 1.08. The number of rotatable bonds is 3. The molecule has 19 heavy (non-hydrogen) atoms. The Morgan fingerprint density at radius 3 is 2.32 bits per heavy atom. The van der Waals surface area contributed by atoms with E-state index < -0.39 is 17.5 Å². The van der Waals surface area contributed by atoms with Gasteiger partial charge in [0.1, 0.15) is 5.82 Å². The molecule has 1 nitrogen and oxygen atoms in total. The summed E-state index contributed by atoms with van der Waals surface area (Å²) >= 11 is 5.60. The van der Waals surface area contributed by atoms with Gasteiger partial charge in [-0.05, 0) is 36.8 Å². The van der Waals surface area contributed by atoms with Crippen LogP contribution < -0.4 is 5.32 Å². The van der Waals surface area contributed by atoms with Crippen molar-refractivity contribution in [3.05, 3.63) is 64.4 Å². The van der Waals surface area contributed by atoms with Gasteiger partial charge in [0.15, 0.2) is 11.6 Å². The van der Waals surface area contributed by atoms with Crippen molar-refractivity contribution in [3.63, 3.8) is 0 Å². The second-order valence-corrected chi connectivity index (χ2v) is 4.58. The fourth-order valence-corrected chi connectivity index (χ4v) is 1.82. The molecule has 5 heteroatoms. The number of hydrogen-bond acceptors (Lipinski definition) is 1. The van der Waals surface area contributed by atoms with Gasteiger partial charge in [-0.1, -0.05) is 17.7 Å². The fraction of sp³-hybridized carbons (Fsp3) is 0.143. The Kier molecular flexibility index (Phi) is 4.00. The zero-order chi connectivity index (χ0) is 14.0. The van der Waals surface area contributed by atoms with Crippen LogP contribution in [0.3, 0.4) is 0 Å². The number of hydrogen-bond donors (Lipinski definition) is 1. The summed E-state index contributed by atoms with van der Waals surface area (Å²) < 4.78 is 39.2. The summed E-state index contributed by atoms with van der Waals surface area (Å²) in [5, 5.41) is 3.00. The number of anilines is 1. The molecular formula is C14H11ClF3N. The average molecular weight is 286 g/mol. The standard InChI is InChI=1S/C14H11ClF3N/c1-8(9-2-4-11(15)13(17)6-9)19-10-3-5-12(16)14(18)7-10/h2-8,19H,1H3. The SMILES string of the molecule is CC(Nc1ccc(F)c(F)c1)c1ccc(Cl)c(F)c1. The third-order valence-corrected chi connectivity index (χ3v) is 3.05. The minimum absolute atomic E-state index is 0.0452. The molecular weight excluding hydrogens is 275 g/mol. The molecule has 0 amide bonds. The van der Waals surface area contributed by atoms with E-state index >= 15 is 0 Å². The van der Waals surface area contributed by atoms with Crippen LogP contribution in [0.15, 0.2) is 36.4 Å². The number of halogens is 4. The molecule has 0 radical (unpaired) electrons. The van der Waals surface area contributed by atoms with Crippen molar-refractivity contribution in [1.82, 2.24) is 0 Å². The number of nitrogens with one attached hydrogen (secondary N) is 1. The molecule has 1 unspecified atom stereocenters. The van der Waals surface area contributed by atoms with Gasteiger partial charge in [0.25, 0.3) is 0 Å². The highest BCUT2D eigenvalue weighted by molar-refractivity contribution is 6.30. The zero-order valence-corrected chi connectivity index (χ0v) is 10.8. The van der Waals surface area contributed by atoms with Gasteiger partial charge in [0, 0.05) is 17.8 Å². The molecule has 0 aliphatic heterocycles. The zero-order valence-electron chi connectivity index (χ0n) is 10.1. The molecule has 2 aromatic rings. The maximum atomic E-state index is 13.3. The van der Waals surface area contributed by atoms with E-state index in [-0.39, 0.29) is 11.1 Å². The lowest BCUT2D eigenvalue weighted by atomic mass is 10.1. The topological polar surface area (TPSA) is 12.0 Å². The summed E-state index contributed by atoms with van der Waals surface area (Å²) in [6, 6.07) is 7.67. The lowest BCUT2D eigenvalue weighted by Gasteiger charge is -2.16. The van der Waals surface area contributed by atoms with Crippen LogP contribution in [0.2, 0.25) is 5.02 Å². The molecule has 0 saturated carbocycles. The molecule has 0 heterocycles. The molecule has 1 N–H and O–H groups in total. The van der Waals surface area contributed by atoms with Gasteiger partial charge in [-0.3, -0.25) is 0 Å². The first kappa shape index (κ1) is 13.7. The Morgan fingerprint density at radius 1 is 0.947 bits per heavy atom. The van der Waals surface area contributed by atoms with E-state index in [1.807, 2.05) is 0 Å². The van der Waals surface area contributed by atoms with Crippen LogP contribution in [0.5, 0.6) is 0 Å². The molecule has 0 fully saturated rings. The predicted octanol–water partition coefficient (Wildman–Crippen LogP) is 4.93. The number of benzene rings is 2. The first-order valence-electron chi connectivity index (χ1n) is 5.64. The first-order chi connectivity index (χ1) is 8.97. The van der Waals surface area contributed by atoms with Crippen LogP contribution in [0.1, 0.15) is 18.5 Å². The van der Waals surface area contributed by atoms with Crippen molar-refractivity contribution in [3.8, 4) is 0 Å². The Morgan fingerprint density at radius 2 is 1.68 bits per heavy atom. The Balaban J connectivity index is 2.17. The molecule has 0 aliphatic carbocycles. The summed E-state index contributed by atoms with van der Waals surface area (Å²) in [6.07, 6.45) is 0. The van der Waals surface area contributed by atoms with E-state index in [0.717, 1.165) is 12.1 Å². The molecule has 0 spiro atoms. The molecule has 1 atom stereocenters. The molecule has 2 aromatic carbocycles. The highest BCUT2D eigenvalue weighted by Gasteiger charge is 2.10. The van der Waals surface area contributed by atoms with Gasteiger partial charge < -0.3 is 5.32 Å². The Labute approximate surface area is 114 Å². The van der Waals surface area contributed by atoms with E-state index in [9.17, 15) is 13.2 Å². The average Bonchev–Trinajstić information content (AvgIpc) is 2.37. The van der Waals surface area contributed by atoms with Crippen molar-refractivity contribution in [2.24, 2.45) is 0 Å². The van der Waals surface area contributed by atoms with Crippen molar-refractivity contribution < 1.29 is 13.2 Å². The summed E-state index contributed by atoms with van der Waals surface area (Å²) in [5.74, 6) is -2.35. The van der Waals surface area contributed by atoms with Gasteiger partial charge in [-0.2, -0.15) is 0 Å². The van der Waals surface area contributed by atoms with Crippen LogP contribution in [0, 0.1) is 17.5 Å². The smallest absolute Gasteiger partial charge is 0.160 e. The van der Waals surface area contributed by atoms with Crippen LogP contribution in [-0.4, -0.2) is 0 Å². The Hall–Kier alpha value is -1.68.